The molecule has 1 aromatic heterocycles. The predicted octanol–water partition coefficient (Wildman–Crippen LogP) is 0.601. The first-order valence-electron chi connectivity index (χ1n) is 5.52. The third kappa shape index (κ3) is 2.00. The van der Waals surface area contributed by atoms with Gasteiger partial charge in [-0.3, -0.25) is 4.90 Å². The molecule has 3 heterocycles. The molecule has 1 aromatic rings. The minimum absolute atomic E-state index is 0.584. The van der Waals surface area contributed by atoms with Crippen LogP contribution in [-0.2, 0) is 0 Å². The Morgan fingerprint density at radius 1 is 1.60 bits per heavy atom. The average molecular weight is 224 g/mol. The molecule has 15 heavy (non-hydrogen) atoms. The Bertz CT molecular complexity index is 299. The quantitative estimate of drug-likeness (QED) is 0.772. The van der Waals surface area contributed by atoms with Crippen LogP contribution in [0.2, 0.25) is 0 Å². The van der Waals surface area contributed by atoms with Crippen LogP contribution in [0.5, 0.6) is 0 Å². The van der Waals surface area contributed by atoms with Crippen molar-refractivity contribution in [2.45, 2.75) is 18.5 Å². The van der Waals surface area contributed by atoms with E-state index in [1.807, 2.05) is 11.6 Å². The average Bonchev–Trinajstić information content (AvgIpc) is 2.86. The highest BCUT2D eigenvalue weighted by atomic mass is 32.1. The number of fused-ring (bicyclic) bond motifs is 1. The van der Waals surface area contributed by atoms with Crippen molar-refractivity contribution in [2.75, 3.05) is 31.5 Å². The van der Waals surface area contributed by atoms with Gasteiger partial charge in [-0.2, -0.15) is 0 Å². The molecule has 3 rings (SSSR count). The summed E-state index contributed by atoms with van der Waals surface area (Å²) in [4.78, 5) is 6.86. The van der Waals surface area contributed by atoms with E-state index in [2.05, 4.69) is 20.5 Å². The Labute approximate surface area is 93.7 Å². The molecule has 2 N–H and O–H groups in total. The van der Waals surface area contributed by atoms with Gasteiger partial charge in [0.15, 0.2) is 5.13 Å². The van der Waals surface area contributed by atoms with Gasteiger partial charge < -0.3 is 10.6 Å². The molecule has 0 aromatic carbocycles. The molecule has 0 saturated carbocycles. The van der Waals surface area contributed by atoms with E-state index < -0.39 is 0 Å². The third-order valence-corrected chi connectivity index (χ3v) is 3.95. The topological polar surface area (TPSA) is 40.2 Å². The van der Waals surface area contributed by atoms with Gasteiger partial charge in [0.1, 0.15) is 0 Å². The van der Waals surface area contributed by atoms with Crippen LogP contribution in [0.25, 0.3) is 0 Å². The van der Waals surface area contributed by atoms with Gasteiger partial charge in [-0.1, -0.05) is 0 Å². The van der Waals surface area contributed by atoms with Crippen LogP contribution in [0.3, 0.4) is 0 Å². The first-order valence-corrected chi connectivity index (χ1v) is 6.40. The van der Waals surface area contributed by atoms with E-state index in [1.54, 1.807) is 11.3 Å². The van der Waals surface area contributed by atoms with E-state index in [1.165, 1.54) is 19.5 Å². The molecule has 0 bridgehead atoms. The predicted molar refractivity (Wildman–Crippen MR) is 62.4 cm³/mol. The normalized spacial score (nSPS) is 31.5. The summed E-state index contributed by atoms with van der Waals surface area (Å²) >= 11 is 1.69. The second-order valence-corrected chi connectivity index (χ2v) is 5.16. The lowest BCUT2D eigenvalue weighted by Gasteiger charge is -2.29. The lowest BCUT2D eigenvalue weighted by Crippen LogP contribution is -2.47. The molecular formula is C10H16N4S. The molecule has 2 saturated heterocycles. The van der Waals surface area contributed by atoms with Crippen molar-refractivity contribution in [2.24, 2.45) is 0 Å². The summed E-state index contributed by atoms with van der Waals surface area (Å²) in [6.45, 7) is 4.66. The SMILES string of the molecule is c1csc(NC2CC3CNCCN3C2)n1. The number of nitrogens with zero attached hydrogens (tertiary/aromatic N) is 2. The molecule has 82 valence electrons. The smallest absolute Gasteiger partial charge is 0.182 e. The Morgan fingerprint density at radius 2 is 2.60 bits per heavy atom. The number of anilines is 1. The van der Waals surface area contributed by atoms with Crippen LogP contribution >= 0.6 is 11.3 Å². The van der Waals surface area contributed by atoms with Crippen LogP contribution in [0.4, 0.5) is 5.13 Å². The second-order valence-electron chi connectivity index (χ2n) is 4.27. The van der Waals surface area contributed by atoms with Gasteiger partial charge in [0, 0.05) is 49.8 Å². The Kier molecular flexibility index (Phi) is 2.60. The Morgan fingerprint density at radius 3 is 3.40 bits per heavy atom. The maximum Gasteiger partial charge on any atom is 0.182 e. The minimum Gasteiger partial charge on any atom is -0.357 e. The van der Waals surface area contributed by atoms with Crippen molar-refractivity contribution in [3.8, 4) is 0 Å². The first kappa shape index (κ1) is 9.57. The number of rotatable bonds is 2. The van der Waals surface area contributed by atoms with Crippen molar-refractivity contribution in [1.82, 2.24) is 15.2 Å². The molecule has 0 amide bonds. The maximum atomic E-state index is 4.27. The molecule has 2 atom stereocenters. The highest BCUT2D eigenvalue weighted by Gasteiger charge is 2.33. The van der Waals surface area contributed by atoms with E-state index in [9.17, 15) is 0 Å². The summed E-state index contributed by atoms with van der Waals surface area (Å²) < 4.78 is 0. The summed E-state index contributed by atoms with van der Waals surface area (Å²) in [5.74, 6) is 0. The summed E-state index contributed by atoms with van der Waals surface area (Å²) in [6.07, 6.45) is 3.10. The van der Waals surface area contributed by atoms with Crippen molar-refractivity contribution in [3.05, 3.63) is 11.6 Å². The monoisotopic (exact) mass is 224 g/mol. The molecule has 0 radical (unpaired) electrons. The van der Waals surface area contributed by atoms with Crippen molar-refractivity contribution < 1.29 is 0 Å². The van der Waals surface area contributed by atoms with Gasteiger partial charge in [0.05, 0.1) is 0 Å². The van der Waals surface area contributed by atoms with Gasteiger partial charge in [0.2, 0.25) is 0 Å². The fourth-order valence-corrected chi connectivity index (χ4v) is 3.14. The second kappa shape index (κ2) is 4.08. The van der Waals surface area contributed by atoms with Gasteiger partial charge in [-0.15, -0.1) is 11.3 Å². The van der Waals surface area contributed by atoms with Crippen molar-refractivity contribution in [1.29, 1.82) is 0 Å². The fraction of sp³-hybridized carbons (Fsp3) is 0.700. The third-order valence-electron chi connectivity index (χ3n) is 3.24. The molecule has 5 heteroatoms. The zero-order chi connectivity index (χ0) is 10.1. The van der Waals surface area contributed by atoms with Crippen molar-refractivity contribution in [3.63, 3.8) is 0 Å². The molecule has 4 nitrogen and oxygen atoms in total. The van der Waals surface area contributed by atoms with E-state index in [4.69, 9.17) is 0 Å². The van der Waals surface area contributed by atoms with Crippen LogP contribution in [0.1, 0.15) is 6.42 Å². The van der Waals surface area contributed by atoms with Crippen LogP contribution in [-0.4, -0.2) is 48.1 Å². The zero-order valence-electron chi connectivity index (χ0n) is 8.65. The van der Waals surface area contributed by atoms with Crippen LogP contribution < -0.4 is 10.6 Å². The van der Waals surface area contributed by atoms with E-state index in [-0.39, 0.29) is 0 Å². The minimum atomic E-state index is 0.584. The van der Waals surface area contributed by atoms with Crippen molar-refractivity contribution >= 4 is 16.5 Å². The largest absolute Gasteiger partial charge is 0.357 e. The van der Waals surface area contributed by atoms with E-state index in [0.717, 1.165) is 24.3 Å². The first-order chi connectivity index (χ1) is 7.42. The Balaban J connectivity index is 1.60. The lowest BCUT2D eigenvalue weighted by molar-refractivity contribution is 0.212. The molecule has 2 fully saturated rings. The number of hydrogen-bond donors (Lipinski definition) is 2. The standard InChI is InChI=1S/C10H16N4S/c1-3-14-7-8(5-9(14)6-11-1)13-10-12-2-4-15-10/h2,4,8-9,11H,1,3,5-7H2,(H,12,13). The molecule has 2 aliphatic heterocycles. The maximum absolute atomic E-state index is 4.27. The summed E-state index contributed by atoms with van der Waals surface area (Å²) in [5.41, 5.74) is 0. The summed E-state index contributed by atoms with van der Waals surface area (Å²) in [5, 5.41) is 10.1. The van der Waals surface area contributed by atoms with E-state index in [0.29, 0.717) is 6.04 Å². The fourth-order valence-electron chi connectivity index (χ4n) is 2.54. The molecular weight excluding hydrogens is 208 g/mol. The lowest BCUT2D eigenvalue weighted by atomic mass is 10.1. The van der Waals surface area contributed by atoms with Crippen LogP contribution in [0, 0.1) is 0 Å². The molecule has 0 spiro atoms. The van der Waals surface area contributed by atoms with Gasteiger partial charge in [-0.25, -0.2) is 4.98 Å². The summed E-state index contributed by atoms with van der Waals surface area (Å²) in [7, 11) is 0. The summed E-state index contributed by atoms with van der Waals surface area (Å²) in [6, 6.07) is 1.32. The highest BCUT2D eigenvalue weighted by molar-refractivity contribution is 7.13. The Hall–Kier alpha value is -0.650. The number of piperazine rings is 1. The molecule has 2 aliphatic rings. The zero-order valence-corrected chi connectivity index (χ0v) is 9.46. The molecule has 2 unspecified atom stereocenters. The van der Waals surface area contributed by atoms with Crippen LogP contribution in [0.15, 0.2) is 11.6 Å². The molecule has 0 aliphatic carbocycles. The number of thiazole rings is 1. The number of nitrogens with one attached hydrogen (secondary N) is 2. The van der Waals surface area contributed by atoms with E-state index >= 15 is 0 Å². The number of hydrogen-bond acceptors (Lipinski definition) is 5. The number of aromatic nitrogens is 1. The van der Waals surface area contributed by atoms with Gasteiger partial charge in [-0.05, 0) is 6.42 Å². The highest BCUT2D eigenvalue weighted by Crippen LogP contribution is 2.22. The van der Waals surface area contributed by atoms with Gasteiger partial charge in [0.25, 0.3) is 0 Å². The van der Waals surface area contributed by atoms with Gasteiger partial charge >= 0.3 is 0 Å².